The summed E-state index contributed by atoms with van der Waals surface area (Å²) in [6.45, 7) is 0. The summed E-state index contributed by atoms with van der Waals surface area (Å²) in [5.74, 6) is -47.0. The van der Waals surface area contributed by atoms with E-state index >= 15 is 0 Å². The van der Waals surface area contributed by atoms with Crippen molar-refractivity contribution >= 4 is 40.9 Å². The van der Waals surface area contributed by atoms with Crippen molar-refractivity contribution in [3.8, 4) is 0 Å². The second kappa shape index (κ2) is 9.84. The molecule has 3 rings (SSSR count). The number of halogens is 15. The standard InChI is InChI=1S/3C6F5.NOS.Sn/c3*7-2-1-3(8)5(10)6(11)4(2)9;1-3-2;/q;;;-1;+1. The molecule has 0 saturated heterocycles. The van der Waals surface area contributed by atoms with Crippen molar-refractivity contribution in [1.82, 2.24) is 0 Å². The second-order valence-electron chi connectivity index (χ2n) is 6.71. The van der Waals surface area contributed by atoms with Gasteiger partial charge in [0.15, 0.2) is 0 Å². The Kier molecular flexibility index (Phi) is 7.66. The Hall–Kier alpha value is -2.77. The molecule has 0 aromatic heterocycles. The van der Waals surface area contributed by atoms with Crippen LogP contribution in [0.5, 0.6) is 0 Å². The van der Waals surface area contributed by atoms with Crippen LogP contribution in [0, 0.1) is 87.3 Å². The van der Waals surface area contributed by atoms with Crippen LogP contribution in [0.15, 0.2) is 2.58 Å². The van der Waals surface area contributed by atoms with Crippen molar-refractivity contribution in [2.45, 2.75) is 0 Å². The Morgan fingerprint density at radius 1 is 0.351 bits per heavy atom. The van der Waals surface area contributed by atoms with Crippen LogP contribution in [0.25, 0.3) is 0 Å². The minimum atomic E-state index is -8.51. The molecule has 0 amide bonds. The molecule has 0 saturated carbocycles. The van der Waals surface area contributed by atoms with Gasteiger partial charge in [-0.3, -0.25) is 0 Å². The molecule has 0 heterocycles. The molecule has 0 aliphatic carbocycles. The normalized spacial score (nSPS) is 11.8. The number of hydrogen-bond acceptors (Lipinski definition) is 2. The molecule has 19 heteroatoms. The van der Waals surface area contributed by atoms with Gasteiger partial charge in [-0.25, -0.2) is 0 Å². The SMILES string of the molecule is O=S=[N][Sn]([c]1c(F)c(F)c(F)c(F)c1F)([c]1c(F)c(F)c(F)c(F)c1F)[c]1c(F)c(F)c(F)c(F)c1F. The molecule has 3 aromatic rings. The van der Waals surface area contributed by atoms with Gasteiger partial charge < -0.3 is 0 Å². The maximum atomic E-state index is 14.8. The Morgan fingerprint density at radius 3 is 0.676 bits per heavy atom. The zero-order valence-electron chi connectivity index (χ0n) is 16.4. The zero-order valence-corrected chi connectivity index (χ0v) is 20.1. The van der Waals surface area contributed by atoms with E-state index in [9.17, 15) is 70.1 Å². The Labute approximate surface area is 200 Å². The van der Waals surface area contributed by atoms with Crippen LogP contribution in [0.4, 0.5) is 65.9 Å². The van der Waals surface area contributed by atoms with Crippen LogP contribution in [0.2, 0.25) is 0 Å². The van der Waals surface area contributed by atoms with Gasteiger partial charge in [0.05, 0.1) is 0 Å². The number of benzene rings is 3. The summed E-state index contributed by atoms with van der Waals surface area (Å²) in [7, 11) is 0. The third-order valence-electron chi connectivity index (χ3n) is 4.89. The summed E-state index contributed by atoms with van der Waals surface area (Å²) < 4.78 is 219. The third-order valence-corrected chi connectivity index (χ3v) is 18.2. The first kappa shape index (κ1) is 28.8. The van der Waals surface area contributed by atoms with Gasteiger partial charge in [0.1, 0.15) is 0 Å². The molecular formula is C18F15NOSSn. The topological polar surface area (TPSA) is 29.4 Å². The molecule has 0 unspecified atom stereocenters. The van der Waals surface area contributed by atoms with Crippen LogP contribution in [-0.2, 0) is 11.5 Å². The minimum absolute atomic E-state index is 1.55. The van der Waals surface area contributed by atoms with Gasteiger partial charge in [-0.05, 0) is 0 Å². The van der Waals surface area contributed by atoms with Gasteiger partial charge in [0.25, 0.3) is 0 Å². The molecule has 0 N–H and O–H groups in total. The zero-order chi connectivity index (χ0) is 28.3. The van der Waals surface area contributed by atoms with Crippen LogP contribution in [0.3, 0.4) is 0 Å². The Morgan fingerprint density at radius 2 is 0.514 bits per heavy atom. The maximum absolute atomic E-state index is 14.8. The van der Waals surface area contributed by atoms with E-state index in [4.69, 9.17) is 0 Å². The number of nitrogens with zero attached hydrogens (tertiary/aromatic N) is 1. The summed E-state index contributed by atoms with van der Waals surface area (Å²) in [6.07, 6.45) is 0. The number of rotatable bonds is 4. The van der Waals surface area contributed by atoms with Gasteiger partial charge in [0, 0.05) is 0 Å². The molecule has 37 heavy (non-hydrogen) atoms. The van der Waals surface area contributed by atoms with Crippen molar-refractivity contribution in [3.05, 3.63) is 87.3 Å². The first-order chi connectivity index (χ1) is 17.1. The quantitative estimate of drug-likeness (QED) is 0.176. The predicted octanol–water partition coefficient (Wildman–Crippen LogP) is 4.14. The fourth-order valence-corrected chi connectivity index (χ4v) is 16.5. The van der Waals surface area contributed by atoms with Crippen LogP contribution in [0.1, 0.15) is 0 Å². The van der Waals surface area contributed by atoms with Crippen molar-refractivity contribution in [2.75, 3.05) is 0 Å². The average Bonchev–Trinajstić information content (AvgIpc) is 2.86. The van der Waals surface area contributed by atoms with E-state index in [0.717, 1.165) is 0 Å². The predicted molar refractivity (Wildman–Crippen MR) is 93.9 cm³/mol. The van der Waals surface area contributed by atoms with Crippen molar-refractivity contribution in [2.24, 2.45) is 2.58 Å². The summed E-state index contributed by atoms with van der Waals surface area (Å²) >= 11 is -10.1. The molecule has 2 nitrogen and oxygen atoms in total. The van der Waals surface area contributed by atoms with Gasteiger partial charge in [-0.15, -0.1) is 0 Å². The summed E-state index contributed by atoms with van der Waals surface area (Å²) in [5.41, 5.74) is 0. The molecule has 0 bridgehead atoms. The fraction of sp³-hybridized carbons (Fsp3) is 0. The first-order valence-electron chi connectivity index (χ1n) is 8.66. The molecule has 3 aromatic carbocycles. The van der Waals surface area contributed by atoms with E-state index in [2.05, 4.69) is 2.58 Å². The average molecular weight is 682 g/mol. The molecular weight excluding hydrogens is 682 g/mol. The van der Waals surface area contributed by atoms with E-state index in [1.54, 1.807) is 0 Å². The van der Waals surface area contributed by atoms with E-state index in [1.165, 1.54) is 0 Å². The molecule has 0 fully saturated rings. The van der Waals surface area contributed by atoms with Crippen LogP contribution in [-0.4, -0.2) is 22.9 Å². The van der Waals surface area contributed by atoms with E-state index in [-0.39, 0.29) is 0 Å². The Bertz CT molecular complexity index is 1300. The summed E-state index contributed by atoms with van der Waals surface area (Å²) in [6, 6.07) is 0. The van der Waals surface area contributed by atoms with Gasteiger partial charge in [-0.2, -0.15) is 0 Å². The van der Waals surface area contributed by atoms with E-state index in [1.807, 2.05) is 0 Å². The van der Waals surface area contributed by atoms with Gasteiger partial charge in [0.2, 0.25) is 0 Å². The van der Waals surface area contributed by atoms with Crippen molar-refractivity contribution in [3.63, 3.8) is 0 Å². The van der Waals surface area contributed by atoms with Crippen molar-refractivity contribution in [1.29, 1.82) is 0 Å². The molecule has 0 spiro atoms. The summed E-state index contributed by atoms with van der Waals surface area (Å²) in [5, 5.41) is 0. The molecule has 0 radical (unpaired) electrons. The molecule has 0 atom stereocenters. The molecule has 0 aliphatic heterocycles. The van der Waals surface area contributed by atoms with E-state index in [0.29, 0.717) is 0 Å². The Balaban J connectivity index is 2.91. The third kappa shape index (κ3) is 3.89. The summed E-state index contributed by atoms with van der Waals surface area (Å²) in [4.78, 5) is 0. The van der Waals surface area contributed by atoms with Crippen LogP contribution >= 0.6 is 0 Å². The second-order valence-corrected chi connectivity index (χ2v) is 16.9. The van der Waals surface area contributed by atoms with E-state index < -0.39 is 128 Å². The number of hydrogen-bond donors (Lipinski definition) is 0. The van der Waals surface area contributed by atoms with Gasteiger partial charge >= 0.3 is 201 Å². The van der Waals surface area contributed by atoms with Gasteiger partial charge in [-0.1, -0.05) is 0 Å². The molecule has 0 aliphatic rings. The molecule has 198 valence electrons. The fourth-order valence-electron chi connectivity index (χ4n) is 3.34. The van der Waals surface area contributed by atoms with Crippen LogP contribution < -0.4 is 10.7 Å². The first-order valence-corrected chi connectivity index (χ1v) is 14.9. The monoisotopic (exact) mass is 683 g/mol. The van der Waals surface area contributed by atoms with Crippen molar-refractivity contribution < 1.29 is 70.1 Å².